The van der Waals surface area contributed by atoms with Crippen molar-refractivity contribution in [3.05, 3.63) is 16.1 Å². The van der Waals surface area contributed by atoms with E-state index in [-0.39, 0.29) is 11.4 Å². The fourth-order valence-corrected chi connectivity index (χ4v) is 2.61. The molecular formula is C11H18N2OS2. The summed E-state index contributed by atoms with van der Waals surface area (Å²) in [6.45, 7) is 7.95. The predicted molar refractivity (Wildman–Crippen MR) is 70.9 cm³/mol. The lowest BCUT2D eigenvalue weighted by Gasteiger charge is -2.20. The summed E-state index contributed by atoms with van der Waals surface area (Å²) in [4.78, 5) is 15.9. The first kappa shape index (κ1) is 13.5. The van der Waals surface area contributed by atoms with Crippen LogP contribution < -0.4 is 5.32 Å². The number of aromatic nitrogens is 1. The summed E-state index contributed by atoms with van der Waals surface area (Å²) in [6, 6.07) is 0. The van der Waals surface area contributed by atoms with Gasteiger partial charge in [0.1, 0.15) is 0 Å². The van der Waals surface area contributed by atoms with Crippen LogP contribution >= 0.6 is 23.1 Å². The first-order chi connectivity index (χ1) is 7.37. The van der Waals surface area contributed by atoms with Gasteiger partial charge in [-0.2, -0.15) is 0 Å². The van der Waals surface area contributed by atoms with Crippen LogP contribution in [0.4, 0.5) is 0 Å². The zero-order valence-corrected chi connectivity index (χ0v) is 11.8. The van der Waals surface area contributed by atoms with E-state index in [1.54, 1.807) is 23.1 Å². The standard InChI is InChI=1S/C11H18N2OS2/c1-8-12-9(6-16-8)5-15-7-10(14)13-11(2,3)4/h6H,5,7H2,1-4H3,(H,13,14). The molecule has 1 N–H and O–H groups in total. The fourth-order valence-electron chi connectivity index (χ4n) is 1.18. The maximum absolute atomic E-state index is 11.5. The van der Waals surface area contributed by atoms with Gasteiger partial charge in [-0.15, -0.1) is 23.1 Å². The van der Waals surface area contributed by atoms with Gasteiger partial charge in [-0.25, -0.2) is 4.98 Å². The monoisotopic (exact) mass is 258 g/mol. The Hall–Kier alpha value is -0.550. The molecule has 1 heterocycles. The average Bonchev–Trinajstić information content (AvgIpc) is 2.48. The molecule has 5 heteroatoms. The van der Waals surface area contributed by atoms with E-state index < -0.39 is 0 Å². The Morgan fingerprint density at radius 2 is 2.25 bits per heavy atom. The molecule has 0 aliphatic rings. The Morgan fingerprint density at radius 1 is 1.56 bits per heavy atom. The highest BCUT2D eigenvalue weighted by molar-refractivity contribution is 7.99. The van der Waals surface area contributed by atoms with Crippen molar-refractivity contribution in [3.63, 3.8) is 0 Å². The molecule has 0 fully saturated rings. The molecule has 0 atom stereocenters. The Bertz CT molecular complexity index is 355. The molecule has 1 aromatic heterocycles. The minimum absolute atomic E-state index is 0.0875. The van der Waals surface area contributed by atoms with Crippen molar-refractivity contribution < 1.29 is 4.79 Å². The normalized spacial score (nSPS) is 11.5. The van der Waals surface area contributed by atoms with Gasteiger partial charge in [-0.1, -0.05) is 0 Å². The molecule has 0 bridgehead atoms. The summed E-state index contributed by atoms with van der Waals surface area (Å²) < 4.78 is 0. The number of amides is 1. The highest BCUT2D eigenvalue weighted by Gasteiger charge is 2.13. The van der Waals surface area contributed by atoms with Crippen molar-refractivity contribution in [1.82, 2.24) is 10.3 Å². The van der Waals surface area contributed by atoms with Crippen molar-refractivity contribution in [1.29, 1.82) is 0 Å². The van der Waals surface area contributed by atoms with Crippen molar-refractivity contribution >= 4 is 29.0 Å². The zero-order valence-electron chi connectivity index (χ0n) is 10.2. The lowest BCUT2D eigenvalue weighted by Crippen LogP contribution is -2.41. The van der Waals surface area contributed by atoms with Gasteiger partial charge in [0.2, 0.25) is 5.91 Å². The molecular weight excluding hydrogens is 240 g/mol. The van der Waals surface area contributed by atoms with Crippen LogP contribution in [0, 0.1) is 6.92 Å². The average molecular weight is 258 g/mol. The third kappa shape index (κ3) is 5.51. The molecule has 0 aromatic carbocycles. The predicted octanol–water partition coefficient (Wildman–Crippen LogP) is 2.60. The van der Waals surface area contributed by atoms with Gasteiger partial charge in [0.25, 0.3) is 0 Å². The van der Waals surface area contributed by atoms with Crippen molar-refractivity contribution in [2.75, 3.05) is 5.75 Å². The molecule has 0 unspecified atom stereocenters. The number of carbonyl (C=O) groups is 1. The maximum Gasteiger partial charge on any atom is 0.230 e. The molecule has 0 saturated heterocycles. The van der Waals surface area contributed by atoms with Crippen LogP contribution in [0.2, 0.25) is 0 Å². The Morgan fingerprint density at radius 3 is 2.75 bits per heavy atom. The molecule has 1 aromatic rings. The summed E-state index contributed by atoms with van der Waals surface area (Å²) in [5.41, 5.74) is 0.922. The van der Waals surface area contributed by atoms with Crippen LogP contribution in [0.5, 0.6) is 0 Å². The third-order valence-electron chi connectivity index (χ3n) is 1.66. The number of carbonyl (C=O) groups excluding carboxylic acids is 1. The third-order valence-corrected chi connectivity index (χ3v) is 3.45. The molecule has 1 rings (SSSR count). The van der Waals surface area contributed by atoms with Crippen LogP contribution in [0.15, 0.2) is 5.38 Å². The van der Waals surface area contributed by atoms with Crippen molar-refractivity contribution in [2.24, 2.45) is 0 Å². The topological polar surface area (TPSA) is 42.0 Å². The molecule has 0 radical (unpaired) electrons. The van der Waals surface area contributed by atoms with Crippen LogP contribution in [-0.4, -0.2) is 22.2 Å². The zero-order chi connectivity index (χ0) is 12.2. The van der Waals surface area contributed by atoms with Gasteiger partial charge in [0.15, 0.2) is 0 Å². The van der Waals surface area contributed by atoms with E-state index in [2.05, 4.69) is 10.3 Å². The van der Waals surface area contributed by atoms with Gasteiger partial charge in [0, 0.05) is 16.7 Å². The SMILES string of the molecule is Cc1nc(CSCC(=O)NC(C)(C)C)cs1. The van der Waals surface area contributed by atoms with Crippen LogP contribution in [0.1, 0.15) is 31.5 Å². The highest BCUT2D eigenvalue weighted by Crippen LogP contribution is 2.15. The van der Waals surface area contributed by atoms with E-state index in [4.69, 9.17) is 0 Å². The second-order valence-electron chi connectivity index (χ2n) is 4.65. The molecule has 0 aliphatic carbocycles. The number of nitrogens with one attached hydrogen (secondary N) is 1. The van der Waals surface area contributed by atoms with Gasteiger partial charge >= 0.3 is 0 Å². The molecule has 0 aliphatic heterocycles. The van der Waals surface area contributed by atoms with Gasteiger partial charge < -0.3 is 5.32 Å². The van der Waals surface area contributed by atoms with E-state index in [0.717, 1.165) is 16.5 Å². The van der Waals surface area contributed by atoms with Crippen molar-refractivity contribution in [3.8, 4) is 0 Å². The molecule has 16 heavy (non-hydrogen) atoms. The van der Waals surface area contributed by atoms with E-state index in [9.17, 15) is 4.79 Å². The van der Waals surface area contributed by atoms with E-state index in [1.807, 2.05) is 33.1 Å². The van der Waals surface area contributed by atoms with Crippen LogP contribution in [0.3, 0.4) is 0 Å². The quantitative estimate of drug-likeness (QED) is 0.902. The summed E-state index contributed by atoms with van der Waals surface area (Å²) in [5.74, 6) is 1.39. The maximum atomic E-state index is 11.5. The molecule has 1 amide bonds. The van der Waals surface area contributed by atoms with Crippen LogP contribution in [0.25, 0.3) is 0 Å². The molecule has 0 saturated carbocycles. The molecule has 90 valence electrons. The van der Waals surface area contributed by atoms with Gasteiger partial charge in [0.05, 0.1) is 16.5 Å². The second kappa shape index (κ2) is 5.68. The second-order valence-corrected chi connectivity index (χ2v) is 6.70. The minimum atomic E-state index is -0.144. The lowest BCUT2D eigenvalue weighted by atomic mass is 10.1. The van der Waals surface area contributed by atoms with Gasteiger partial charge in [-0.3, -0.25) is 4.79 Å². The van der Waals surface area contributed by atoms with E-state index >= 15 is 0 Å². The number of nitrogens with zero attached hydrogens (tertiary/aromatic N) is 1. The lowest BCUT2D eigenvalue weighted by molar-refractivity contribution is -0.119. The van der Waals surface area contributed by atoms with Crippen molar-refractivity contribution in [2.45, 2.75) is 39.0 Å². The summed E-state index contributed by atoms with van der Waals surface area (Å²) in [6.07, 6.45) is 0. The largest absolute Gasteiger partial charge is 0.351 e. The number of hydrogen-bond donors (Lipinski definition) is 1. The smallest absolute Gasteiger partial charge is 0.230 e. The first-order valence-electron chi connectivity index (χ1n) is 5.16. The minimum Gasteiger partial charge on any atom is -0.351 e. The number of thiazole rings is 1. The number of thioether (sulfide) groups is 1. The Balaban J connectivity index is 2.23. The van der Waals surface area contributed by atoms with E-state index in [1.165, 1.54) is 0 Å². The number of aryl methyl sites for hydroxylation is 1. The highest BCUT2D eigenvalue weighted by atomic mass is 32.2. The molecule has 3 nitrogen and oxygen atoms in total. The summed E-state index contributed by atoms with van der Waals surface area (Å²) >= 11 is 3.25. The first-order valence-corrected chi connectivity index (χ1v) is 7.20. The number of hydrogen-bond acceptors (Lipinski definition) is 4. The Kier molecular flexibility index (Phi) is 4.80. The van der Waals surface area contributed by atoms with Crippen LogP contribution in [-0.2, 0) is 10.5 Å². The summed E-state index contributed by atoms with van der Waals surface area (Å²) in [5, 5.41) is 6.06. The fraction of sp³-hybridized carbons (Fsp3) is 0.636. The molecule has 0 spiro atoms. The van der Waals surface area contributed by atoms with Gasteiger partial charge in [-0.05, 0) is 27.7 Å². The Labute approximate surface area is 105 Å². The number of rotatable bonds is 4. The summed E-state index contributed by atoms with van der Waals surface area (Å²) in [7, 11) is 0. The van der Waals surface area contributed by atoms with E-state index in [0.29, 0.717) is 5.75 Å².